The van der Waals surface area contributed by atoms with E-state index < -0.39 is 0 Å². The lowest BCUT2D eigenvalue weighted by molar-refractivity contribution is 0.247. The molecule has 1 heterocycles. The number of nitrogens with one attached hydrogen (secondary N) is 1. The van der Waals surface area contributed by atoms with Crippen LogP contribution >= 0.6 is 0 Å². The first kappa shape index (κ1) is 15.9. The monoisotopic (exact) mass is 310 g/mol. The highest BCUT2D eigenvalue weighted by Gasteiger charge is 2.17. The van der Waals surface area contributed by atoms with Crippen molar-refractivity contribution in [3.63, 3.8) is 0 Å². The highest BCUT2D eigenvalue weighted by atomic mass is 16.5. The van der Waals surface area contributed by atoms with Gasteiger partial charge in [0.25, 0.3) is 0 Å². The molecule has 0 saturated carbocycles. The summed E-state index contributed by atoms with van der Waals surface area (Å²) in [5.74, 6) is 0.981. The van der Waals surface area contributed by atoms with Gasteiger partial charge >= 0.3 is 0 Å². The molecule has 3 rings (SSSR count). The van der Waals surface area contributed by atoms with Crippen LogP contribution in [0.1, 0.15) is 23.6 Å². The number of rotatable bonds is 6. The quantitative estimate of drug-likeness (QED) is 0.880. The van der Waals surface area contributed by atoms with Crippen molar-refractivity contribution in [2.45, 2.75) is 32.4 Å². The summed E-state index contributed by atoms with van der Waals surface area (Å²) in [5, 5.41) is 3.53. The Hall–Kier alpha value is -2.00. The van der Waals surface area contributed by atoms with E-state index in [1.54, 1.807) is 7.11 Å². The van der Waals surface area contributed by atoms with Crippen molar-refractivity contribution in [3.05, 3.63) is 59.2 Å². The average molecular weight is 310 g/mol. The Bertz CT molecular complexity index is 668. The minimum Gasteiger partial charge on any atom is -0.496 e. The van der Waals surface area contributed by atoms with Crippen LogP contribution in [0.15, 0.2) is 42.5 Å². The van der Waals surface area contributed by atoms with Gasteiger partial charge in [0.05, 0.1) is 7.11 Å². The van der Waals surface area contributed by atoms with E-state index in [2.05, 4.69) is 54.5 Å². The molecule has 0 fully saturated rings. The minimum atomic E-state index is 0.448. The van der Waals surface area contributed by atoms with E-state index in [9.17, 15) is 0 Å². The fourth-order valence-corrected chi connectivity index (χ4v) is 3.31. The molecule has 3 heteroatoms. The summed E-state index contributed by atoms with van der Waals surface area (Å²) in [7, 11) is 3.95. The number of ether oxygens (including phenoxy) is 1. The summed E-state index contributed by atoms with van der Waals surface area (Å²) < 4.78 is 5.48. The zero-order valence-corrected chi connectivity index (χ0v) is 14.3. The van der Waals surface area contributed by atoms with Crippen molar-refractivity contribution in [1.29, 1.82) is 0 Å². The van der Waals surface area contributed by atoms with Crippen LogP contribution in [0.2, 0.25) is 0 Å². The van der Waals surface area contributed by atoms with Gasteiger partial charge in [-0.3, -0.25) is 4.90 Å². The van der Waals surface area contributed by atoms with E-state index in [4.69, 9.17) is 4.74 Å². The lowest BCUT2D eigenvalue weighted by Crippen LogP contribution is -2.30. The third kappa shape index (κ3) is 3.50. The molecule has 0 aliphatic carbocycles. The van der Waals surface area contributed by atoms with Crippen LogP contribution in [0.3, 0.4) is 0 Å². The molecule has 1 aliphatic heterocycles. The van der Waals surface area contributed by atoms with Crippen molar-refractivity contribution < 1.29 is 4.74 Å². The zero-order valence-electron chi connectivity index (χ0n) is 14.3. The second-order valence-corrected chi connectivity index (χ2v) is 6.41. The van der Waals surface area contributed by atoms with Crippen LogP contribution < -0.4 is 10.1 Å². The van der Waals surface area contributed by atoms with Crippen LogP contribution in [0.25, 0.3) is 0 Å². The van der Waals surface area contributed by atoms with Gasteiger partial charge < -0.3 is 10.1 Å². The van der Waals surface area contributed by atoms with Crippen LogP contribution in [0.4, 0.5) is 5.69 Å². The summed E-state index contributed by atoms with van der Waals surface area (Å²) in [4.78, 5) is 2.42. The molecule has 0 spiro atoms. The van der Waals surface area contributed by atoms with Gasteiger partial charge in [-0.05, 0) is 49.6 Å². The first-order valence-corrected chi connectivity index (χ1v) is 8.36. The Morgan fingerprint density at radius 3 is 2.74 bits per heavy atom. The van der Waals surface area contributed by atoms with E-state index in [0.717, 1.165) is 31.7 Å². The number of anilines is 1. The highest BCUT2D eigenvalue weighted by molar-refractivity contribution is 5.61. The molecule has 0 bridgehead atoms. The Kier molecular flexibility index (Phi) is 4.87. The number of fused-ring (bicyclic) bond motifs is 1. The van der Waals surface area contributed by atoms with Crippen LogP contribution in [0.5, 0.6) is 5.75 Å². The molecular formula is C20H26N2O. The smallest absolute Gasteiger partial charge is 0.122 e. The van der Waals surface area contributed by atoms with E-state index in [1.807, 2.05) is 12.1 Å². The summed E-state index contributed by atoms with van der Waals surface area (Å²) >= 11 is 0. The third-order valence-corrected chi connectivity index (χ3v) is 4.81. The number of para-hydroxylation sites is 2. The second kappa shape index (κ2) is 7.05. The summed E-state index contributed by atoms with van der Waals surface area (Å²) in [6.07, 6.45) is 2.13. The minimum absolute atomic E-state index is 0.448. The maximum Gasteiger partial charge on any atom is 0.122 e. The normalized spacial score (nSPS) is 14.4. The number of hydrogen-bond donors (Lipinski definition) is 1. The topological polar surface area (TPSA) is 24.5 Å². The van der Waals surface area contributed by atoms with Crippen LogP contribution in [-0.4, -0.2) is 31.6 Å². The van der Waals surface area contributed by atoms with Gasteiger partial charge in [0.2, 0.25) is 0 Å². The highest BCUT2D eigenvalue weighted by Crippen LogP contribution is 2.28. The molecule has 0 radical (unpaired) electrons. The largest absolute Gasteiger partial charge is 0.496 e. The number of hydrogen-bond acceptors (Lipinski definition) is 3. The molecule has 23 heavy (non-hydrogen) atoms. The van der Waals surface area contributed by atoms with Crippen molar-refractivity contribution in [3.8, 4) is 5.75 Å². The Labute approximate surface area is 139 Å². The predicted octanol–water partition coefficient (Wildman–Crippen LogP) is 3.73. The molecule has 0 amide bonds. The summed E-state index contributed by atoms with van der Waals surface area (Å²) in [6, 6.07) is 15.4. The Morgan fingerprint density at radius 2 is 1.91 bits per heavy atom. The molecule has 2 aromatic rings. The van der Waals surface area contributed by atoms with E-state index in [-0.39, 0.29) is 0 Å². The lowest BCUT2D eigenvalue weighted by Gasteiger charge is -2.26. The number of likely N-dealkylation sites (N-methyl/N-ethyl adjacent to an activating group) is 1. The molecule has 1 N–H and O–H groups in total. The Balaban J connectivity index is 1.69. The van der Waals surface area contributed by atoms with Crippen molar-refractivity contribution in [1.82, 2.24) is 4.90 Å². The predicted molar refractivity (Wildman–Crippen MR) is 96.3 cm³/mol. The average Bonchev–Trinajstić information content (AvgIpc) is 3.05. The lowest BCUT2D eigenvalue weighted by atomic mass is 10.0. The van der Waals surface area contributed by atoms with Gasteiger partial charge in [-0.2, -0.15) is 0 Å². The fraction of sp³-hybridized carbons (Fsp3) is 0.400. The molecule has 3 nitrogen and oxygen atoms in total. The third-order valence-electron chi connectivity index (χ3n) is 4.81. The van der Waals surface area contributed by atoms with Crippen molar-refractivity contribution in [2.24, 2.45) is 0 Å². The molecule has 1 unspecified atom stereocenters. The SMILES string of the molecule is COc1ccccc1CC(C)N(C)Cc1cccc2c1NCC2. The van der Waals surface area contributed by atoms with Crippen LogP contribution in [-0.2, 0) is 19.4 Å². The molecule has 0 aromatic heterocycles. The second-order valence-electron chi connectivity index (χ2n) is 6.41. The van der Waals surface area contributed by atoms with E-state index >= 15 is 0 Å². The van der Waals surface area contributed by atoms with Gasteiger partial charge in [-0.15, -0.1) is 0 Å². The molecule has 0 saturated heterocycles. The standard InChI is InChI=1S/C20H26N2O/c1-15(13-17-7-4-5-10-19(17)23-3)22(2)14-18-9-6-8-16-11-12-21-20(16)18/h4-10,15,21H,11-14H2,1-3H3. The molecule has 1 aliphatic rings. The summed E-state index contributed by atoms with van der Waals surface area (Å²) in [5.41, 5.74) is 5.47. The molecule has 2 aromatic carbocycles. The molecular weight excluding hydrogens is 284 g/mol. The number of nitrogens with zero attached hydrogens (tertiary/aromatic N) is 1. The van der Waals surface area contributed by atoms with Crippen LogP contribution in [0, 0.1) is 0 Å². The maximum atomic E-state index is 5.48. The van der Waals surface area contributed by atoms with Gasteiger partial charge in [-0.1, -0.05) is 36.4 Å². The maximum absolute atomic E-state index is 5.48. The first-order chi connectivity index (χ1) is 11.2. The zero-order chi connectivity index (χ0) is 16.2. The van der Waals surface area contributed by atoms with Gasteiger partial charge in [-0.25, -0.2) is 0 Å². The number of methoxy groups -OCH3 is 1. The van der Waals surface area contributed by atoms with Gasteiger partial charge in [0, 0.05) is 24.8 Å². The van der Waals surface area contributed by atoms with E-state index in [0.29, 0.717) is 6.04 Å². The van der Waals surface area contributed by atoms with Crippen molar-refractivity contribution >= 4 is 5.69 Å². The first-order valence-electron chi connectivity index (χ1n) is 8.36. The molecule has 122 valence electrons. The fourth-order valence-electron chi connectivity index (χ4n) is 3.31. The Morgan fingerprint density at radius 1 is 1.13 bits per heavy atom. The summed E-state index contributed by atoms with van der Waals surface area (Å²) in [6.45, 7) is 4.31. The molecule has 1 atom stereocenters. The number of benzene rings is 2. The van der Waals surface area contributed by atoms with Crippen molar-refractivity contribution in [2.75, 3.05) is 26.0 Å². The van der Waals surface area contributed by atoms with Gasteiger partial charge in [0.1, 0.15) is 5.75 Å². The van der Waals surface area contributed by atoms with E-state index in [1.165, 1.54) is 22.4 Å². The van der Waals surface area contributed by atoms with Gasteiger partial charge in [0.15, 0.2) is 0 Å².